The van der Waals surface area contributed by atoms with Crippen LogP contribution >= 0.6 is 0 Å². The number of aromatic nitrogens is 1. The van der Waals surface area contributed by atoms with Crippen LogP contribution in [0.4, 0.5) is 4.39 Å². The Kier molecular flexibility index (Phi) is 7.15. The van der Waals surface area contributed by atoms with Crippen LogP contribution in [0, 0.1) is 11.7 Å². The third-order valence-corrected chi connectivity index (χ3v) is 6.76. The molecule has 7 heteroatoms. The van der Waals surface area contributed by atoms with Gasteiger partial charge in [-0.05, 0) is 75.9 Å². The molecule has 1 aromatic heterocycles. The van der Waals surface area contributed by atoms with Gasteiger partial charge in [0.05, 0.1) is 11.3 Å². The largest absolute Gasteiger partial charge is 0.349 e. The third kappa shape index (κ3) is 5.33. The number of halogens is 1. The van der Waals surface area contributed by atoms with Crippen molar-refractivity contribution in [3.63, 3.8) is 0 Å². The number of pyridine rings is 1. The summed E-state index contributed by atoms with van der Waals surface area (Å²) in [4.78, 5) is 31.8. The van der Waals surface area contributed by atoms with Crippen molar-refractivity contribution >= 4 is 11.8 Å². The minimum absolute atomic E-state index is 0.0512. The maximum atomic E-state index is 13.4. The molecule has 32 heavy (non-hydrogen) atoms. The number of carbonyl (C=O) groups is 2. The van der Waals surface area contributed by atoms with Crippen molar-refractivity contribution in [3.8, 4) is 11.3 Å². The zero-order valence-corrected chi connectivity index (χ0v) is 18.5. The molecule has 170 valence electrons. The molecule has 0 unspecified atom stereocenters. The van der Waals surface area contributed by atoms with Crippen molar-refractivity contribution < 1.29 is 14.0 Å². The Bertz CT molecular complexity index is 935. The molecular weight excluding hydrogens is 407 g/mol. The average molecular weight is 439 g/mol. The lowest BCUT2D eigenvalue weighted by Gasteiger charge is -2.36. The Hall–Kier alpha value is -2.80. The molecule has 1 aliphatic heterocycles. The Morgan fingerprint density at radius 2 is 1.81 bits per heavy atom. The van der Waals surface area contributed by atoms with Gasteiger partial charge in [0, 0.05) is 36.8 Å². The molecule has 2 amide bonds. The van der Waals surface area contributed by atoms with Gasteiger partial charge in [0.2, 0.25) is 5.91 Å². The molecule has 0 bridgehead atoms. The summed E-state index contributed by atoms with van der Waals surface area (Å²) < 4.78 is 13.4. The number of amides is 2. The van der Waals surface area contributed by atoms with Crippen molar-refractivity contribution in [3.05, 3.63) is 54.0 Å². The summed E-state index contributed by atoms with van der Waals surface area (Å²) in [6, 6.07) is 10.1. The predicted octanol–water partition coefficient (Wildman–Crippen LogP) is 3.39. The summed E-state index contributed by atoms with van der Waals surface area (Å²) in [5, 5.41) is 6.42. The van der Waals surface area contributed by atoms with Crippen molar-refractivity contribution in [1.82, 2.24) is 20.5 Å². The maximum Gasteiger partial charge on any atom is 0.253 e. The normalized spacial score (nSPS) is 21.7. The van der Waals surface area contributed by atoms with Gasteiger partial charge in [-0.3, -0.25) is 14.6 Å². The number of hydrogen-bond donors (Lipinski definition) is 2. The highest BCUT2D eigenvalue weighted by molar-refractivity contribution is 5.94. The SMILES string of the molecule is CN(C(=O)C1CCC(NC(=O)c2ccc(-c3cccc(F)c3)nc2)CC1)C1CCNCC1. The van der Waals surface area contributed by atoms with Crippen LogP contribution in [0.15, 0.2) is 42.6 Å². The Labute approximate surface area is 188 Å². The minimum atomic E-state index is -0.317. The monoisotopic (exact) mass is 438 g/mol. The number of hydrogen-bond acceptors (Lipinski definition) is 4. The van der Waals surface area contributed by atoms with Gasteiger partial charge in [-0.15, -0.1) is 0 Å². The van der Waals surface area contributed by atoms with Crippen LogP contribution in [0.3, 0.4) is 0 Å². The number of piperidine rings is 1. The van der Waals surface area contributed by atoms with Gasteiger partial charge in [0.25, 0.3) is 5.91 Å². The van der Waals surface area contributed by atoms with Crippen molar-refractivity contribution in [2.24, 2.45) is 5.92 Å². The average Bonchev–Trinajstić information content (AvgIpc) is 2.84. The van der Waals surface area contributed by atoms with E-state index in [-0.39, 0.29) is 29.6 Å². The quantitative estimate of drug-likeness (QED) is 0.751. The Morgan fingerprint density at radius 3 is 2.47 bits per heavy atom. The molecule has 1 aliphatic carbocycles. The summed E-state index contributed by atoms with van der Waals surface area (Å²) in [5.41, 5.74) is 1.78. The summed E-state index contributed by atoms with van der Waals surface area (Å²) in [5.74, 6) is -0.180. The van der Waals surface area contributed by atoms with Gasteiger partial charge < -0.3 is 15.5 Å². The standard InChI is InChI=1S/C25H31FN4O2/c1-30(22-11-13-27-14-12-22)25(32)17-5-8-21(9-6-17)29-24(31)19-7-10-23(28-16-19)18-3-2-4-20(26)15-18/h2-4,7,10,15-17,21-22,27H,5-6,8-9,11-14H2,1H3,(H,29,31). The lowest BCUT2D eigenvalue weighted by Crippen LogP contribution is -2.47. The molecule has 2 fully saturated rings. The number of nitrogens with zero attached hydrogens (tertiary/aromatic N) is 2. The molecule has 1 aromatic carbocycles. The second-order valence-electron chi connectivity index (χ2n) is 8.89. The number of nitrogens with one attached hydrogen (secondary N) is 2. The van der Waals surface area contributed by atoms with E-state index in [4.69, 9.17) is 0 Å². The predicted molar refractivity (Wildman–Crippen MR) is 122 cm³/mol. The molecule has 1 saturated heterocycles. The molecule has 0 radical (unpaired) electrons. The van der Waals surface area contributed by atoms with Gasteiger partial charge in [-0.25, -0.2) is 4.39 Å². The Balaban J connectivity index is 1.27. The van der Waals surface area contributed by atoms with Crippen molar-refractivity contribution in [2.75, 3.05) is 20.1 Å². The first-order chi connectivity index (χ1) is 15.5. The van der Waals surface area contributed by atoms with Crippen LogP contribution in [-0.4, -0.2) is 53.9 Å². The van der Waals surface area contributed by atoms with Gasteiger partial charge in [-0.2, -0.15) is 0 Å². The first-order valence-corrected chi connectivity index (χ1v) is 11.5. The number of rotatable bonds is 5. The fourth-order valence-corrected chi connectivity index (χ4v) is 4.76. The number of carbonyl (C=O) groups excluding carboxylic acids is 2. The second kappa shape index (κ2) is 10.2. The van der Waals surface area contributed by atoms with Crippen LogP contribution in [0.5, 0.6) is 0 Å². The highest BCUT2D eigenvalue weighted by atomic mass is 19.1. The van der Waals surface area contributed by atoms with Gasteiger partial charge in [0.15, 0.2) is 0 Å². The third-order valence-electron chi connectivity index (χ3n) is 6.76. The van der Waals surface area contributed by atoms with E-state index in [9.17, 15) is 14.0 Å². The summed E-state index contributed by atoms with van der Waals surface area (Å²) >= 11 is 0. The first-order valence-electron chi connectivity index (χ1n) is 11.5. The number of benzene rings is 1. The molecule has 6 nitrogen and oxygen atoms in total. The Morgan fingerprint density at radius 1 is 1.06 bits per heavy atom. The van der Waals surface area contributed by atoms with Crippen LogP contribution in [0.2, 0.25) is 0 Å². The molecular formula is C25H31FN4O2. The molecule has 1 saturated carbocycles. The molecule has 2 aromatic rings. The smallest absolute Gasteiger partial charge is 0.253 e. The highest BCUT2D eigenvalue weighted by Crippen LogP contribution is 2.27. The zero-order chi connectivity index (χ0) is 22.5. The van der Waals surface area contributed by atoms with E-state index in [1.165, 1.54) is 18.3 Å². The fourth-order valence-electron chi connectivity index (χ4n) is 4.76. The van der Waals surface area contributed by atoms with Crippen LogP contribution < -0.4 is 10.6 Å². The van der Waals surface area contributed by atoms with Crippen LogP contribution in [0.25, 0.3) is 11.3 Å². The lowest BCUT2D eigenvalue weighted by molar-refractivity contribution is -0.137. The van der Waals surface area contributed by atoms with E-state index in [1.54, 1.807) is 24.3 Å². The molecule has 2 heterocycles. The van der Waals surface area contributed by atoms with E-state index in [2.05, 4.69) is 15.6 Å². The minimum Gasteiger partial charge on any atom is -0.349 e. The molecule has 2 N–H and O–H groups in total. The zero-order valence-electron chi connectivity index (χ0n) is 18.5. The molecule has 2 aliphatic rings. The maximum absolute atomic E-state index is 13.4. The summed E-state index contributed by atoms with van der Waals surface area (Å²) in [6.45, 7) is 1.94. The van der Waals surface area contributed by atoms with Crippen molar-refractivity contribution in [1.29, 1.82) is 0 Å². The summed E-state index contributed by atoms with van der Waals surface area (Å²) in [6.07, 6.45) is 6.76. The van der Waals surface area contributed by atoms with E-state index < -0.39 is 0 Å². The van der Waals surface area contributed by atoms with Crippen LogP contribution in [0.1, 0.15) is 48.9 Å². The van der Waals surface area contributed by atoms with E-state index in [1.807, 2.05) is 11.9 Å². The van der Waals surface area contributed by atoms with Crippen molar-refractivity contribution in [2.45, 2.75) is 50.6 Å². The van der Waals surface area contributed by atoms with Gasteiger partial charge >= 0.3 is 0 Å². The summed E-state index contributed by atoms with van der Waals surface area (Å²) in [7, 11) is 1.94. The van der Waals surface area contributed by atoms with E-state index >= 15 is 0 Å². The van der Waals surface area contributed by atoms with Gasteiger partial charge in [0.1, 0.15) is 5.82 Å². The van der Waals surface area contributed by atoms with Gasteiger partial charge in [-0.1, -0.05) is 12.1 Å². The first kappa shape index (κ1) is 22.4. The second-order valence-corrected chi connectivity index (χ2v) is 8.89. The highest BCUT2D eigenvalue weighted by Gasteiger charge is 2.31. The molecule has 0 spiro atoms. The van der Waals surface area contributed by atoms with E-state index in [0.717, 1.165) is 51.6 Å². The van der Waals surface area contributed by atoms with E-state index in [0.29, 0.717) is 22.9 Å². The topological polar surface area (TPSA) is 74.3 Å². The lowest BCUT2D eigenvalue weighted by atomic mass is 9.84. The molecule has 4 rings (SSSR count). The van der Waals surface area contributed by atoms with Crippen LogP contribution in [-0.2, 0) is 4.79 Å². The molecule has 0 atom stereocenters. The fraction of sp³-hybridized carbons (Fsp3) is 0.480.